The number of Topliss-reactive ketones (excluding diaryl/α,β-unsaturated/α-hetero) is 1. The van der Waals surface area contributed by atoms with Gasteiger partial charge in [0.25, 0.3) is 0 Å². The van der Waals surface area contributed by atoms with E-state index in [0.717, 1.165) is 11.3 Å². The minimum absolute atomic E-state index is 0.171. The van der Waals surface area contributed by atoms with E-state index < -0.39 is 0 Å². The zero-order valence-electron chi connectivity index (χ0n) is 11.0. The van der Waals surface area contributed by atoms with Crippen molar-refractivity contribution in [3.63, 3.8) is 0 Å². The van der Waals surface area contributed by atoms with Crippen molar-refractivity contribution >= 4 is 5.78 Å². The van der Waals surface area contributed by atoms with Crippen LogP contribution < -0.4 is 4.74 Å². The van der Waals surface area contributed by atoms with Crippen LogP contribution in [0.2, 0.25) is 0 Å². The van der Waals surface area contributed by atoms with Crippen molar-refractivity contribution in [3.8, 4) is 5.75 Å². The van der Waals surface area contributed by atoms with Gasteiger partial charge in [0, 0.05) is 12.0 Å². The summed E-state index contributed by atoms with van der Waals surface area (Å²) in [5.41, 5.74) is 3.74. The molecule has 0 radical (unpaired) electrons. The second-order valence-corrected chi connectivity index (χ2v) is 5.40. The second-order valence-electron chi connectivity index (χ2n) is 5.40. The molecule has 0 unspecified atom stereocenters. The lowest BCUT2D eigenvalue weighted by atomic mass is 9.87. The average molecular weight is 232 g/mol. The highest BCUT2D eigenvalue weighted by Gasteiger charge is 2.21. The first-order valence-electron chi connectivity index (χ1n) is 6.30. The van der Waals surface area contributed by atoms with Gasteiger partial charge in [0.2, 0.25) is 0 Å². The number of carbonyl (C=O) groups excluding carboxylic acids is 1. The molecular formula is C15H20O2. The van der Waals surface area contributed by atoms with E-state index in [2.05, 4.69) is 39.8 Å². The van der Waals surface area contributed by atoms with E-state index >= 15 is 0 Å². The average Bonchev–Trinajstić information content (AvgIpc) is 2.26. The van der Waals surface area contributed by atoms with Gasteiger partial charge in [0.15, 0.2) is 5.78 Å². The normalized spacial score (nSPS) is 15.1. The number of fused-ring (bicyclic) bond motifs is 1. The van der Waals surface area contributed by atoms with Gasteiger partial charge < -0.3 is 4.74 Å². The Morgan fingerprint density at radius 1 is 1.06 bits per heavy atom. The van der Waals surface area contributed by atoms with Crippen molar-refractivity contribution in [3.05, 3.63) is 28.8 Å². The third kappa shape index (κ3) is 2.36. The molecule has 1 aliphatic heterocycles. The van der Waals surface area contributed by atoms with Crippen LogP contribution in [0.4, 0.5) is 0 Å². The van der Waals surface area contributed by atoms with Crippen LogP contribution in [0, 0.1) is 0 Å². The molecule has 0 atom stereocenters. The molecule has 17 heavy (non-hydrogen) atoms. The predicted octanol–water partition coefficient (Wildman–Crippen LogP) is 3.44. The first-order valence-corrected chi connectivity index (χ1v) is 6.30. The number of carbonyl (C=O) groups is 1. The maximum atomic E-state index is 11.4. The van der Waals surface area contributed by atoms with Crippen LogP contribution in [0.5, 0.6) is 5.75 Å². The summed E-state index contributed by atoms with van der Waals surface area (Å²) >= 11 is 0. The highest BCUT2D eigenvalue weighted by molar-refractivity contribution is 5.84. The number of ketones is 1. The van der Waals surface area contributed by atoms with E-state index in [1.165, 1.54) is 11.1 Å². The minimum Gasteiger partial charge on any atom is -0.486 e. The number of hydrogen-bond acceptors (Lipinski definition) is 2. The smallest absolute Gasteiger partial charge is 0.174 e. The molecule has 0 saturated carbocycles. The van der Waals surface area contributed by atoms with Gasteiger partial charge in [0.05, 0.1) is 0 Å². The Kier molecular flexibility index (Phi) is 3.23. The predicted molar refractivity (Wildman–Crippen MR) is 68.8 cm³/mol. The summed E-state index contributed by atoms with van der Waals surface area (Å²) in [5.74, 6) is 2.04. The maximum absolute atomic E-state index is 11.4. The Hall–Kier alpha value is -1.31. The molecule has 1 aromatic carbocycles. The lowest BCUT2D eigenvalue weighted by Crippen LogP contribution is -2.21. The molecule has 1 aromatic rings. The fourth-order valence-corrected chi connectivity index (χ4v) is 2.35. The van der Waals surface area contributed by atoms with Crippen LogP contribution in [0.25, 0.3) is 0 Å². The maximum Gasteiger partial charge on any atom is 0.174 e. The molecule has 0 aromatic heterocycles. The third-order valence-corrected chi connectivity index (χ3v) is 3.29. The van der Waals surface area contributed by atoms with Gasteiger partial charge in [0.1, 0.15) is 12.4 Å². The molecular weight excluding hydrogens is 212 g/mol. The van der Waals surface area contributed by atoms with E-state index in [0.29, 0.717) is 18.3 Å². The van der Waals surface area contributed by atoms with Gasteiger partial charge in [-0.2, -0.15) is 0 Å². The summed E-state index contributed by atoms with van der Waals surface area (Å²) in [6.07, 6.45) is 0.521. The standard InChI is InChI=1S/C15H20O2/c1-9(2)13-6-11-5-12(16)8-17-15(11)7-14(13)10(3)4/h6-7,9-10H,5,8H2,1-4H3. The van der Waals surface area contributed by atoms with Crippen molar-refractivity contribution in [2.45, 2.75) is 46.0 Å². The van der Waals surface area contributed by atoms with Crippen molar-refractivity contribution in [1.82, 2.24) is 0 Å². The number of rotatable bonds is 2. The van der Waals surface area contributed by atoms with Gasteiger partial charge >= 0.3 is 0 Å². The van der Waals surface area contributed by atoms with Crippen LogP contribution in [-0.4, -0.2) is 12.4 Å². The van der Waals surface area contributed by atoms with E-state index in [4.69, 9.17) is 4.74 Å². The second kappa shape index (κ2) is 4.52. The highest BCUT2D eigenvalue weighted by Crippen LogP contribution is 2.34. The third-order valence-electron chi connectivity index (χ3n) is 3.29. The molecule has 0 fully saturated rings. The highest BCUT2D eigenvalue weighted by atomic mass is 16.5. The zero-order valence-corrected chi connectivity index (χ0v) is 11.0. The Labute approximate surface area is 103 Å². The fourth-order valence-electron chi connectivity index (χ4n) is 2.35. The lowest BCUT2D eigenvalue weighted by Gasteiger charge is -2.23. The molecule has 0 aliphatic carbocycles. The van der Waals surface area contributed by atoms with Gasteiger partial charge in [-0.15, -0.1) is 0 Å². The molecule has 92 valence electrons. The van der Waals surface area contributed by atoms with Crippen LogP contribution in [-0.2, 0) is 11.2 Å². The minimum atomic E-state index is 0.171. The van der Waals surface area contributed by atoms with Crippen molar-refractivity contribution in [1.29, 1.82) is 0 Å². The fraction of sp³-hybridized carbons (Fsp3) is 0.533. The van der Waals surface area contributed by atoms with Gasteiger partial charge in [-0.25, -0.2) is 0 Å². The zero-order chi connectivity index (χ0) is 12.6. The first kappa shape index (κ1) is 12.2. The van der Waals surface area contributed by atoms with E-state index in [-0.39, 0.29) is 12.4 Å². The van der Waals surface area contributed by atoms with Crippen molar-refractivity contribution < 1.29 is 9.53 Å². The summed E-state index contributed by atoms with van der Waals surface area (Å²) in [5, 5.41) is 0. The van der Waals surface area contributed by atoms with E-state index in [1.807, 2.05) is 0 Å². The quantitative estimate of drug-likeness (QED) is 0.780. The molecule has 1 aliphatic rings. The molecule has 0 bridgehead atoms. The molecule has 0 spiro atoms. The number of hydrogen-bond donors (Lipinski definition) is 0. The monoisotopic (exact) mass is 232 g/mol. The molecule has 2 nitrogen and oxygen atoms in total. The molecule has 2 heteroatoms. The SMILES string of the molecule is CC(C)c1cc2c(cc1C(C)C)OCC(=O)C2. The summed E-state index contributed by atoms with van der Waals surface area (Å²) in [6.45, 7) is 9.01. The van der Waals surface area contributed by atoms with Crippen molar-refractivity contribution in [2.75, 3.05) is 6.61 Å². The lowest BCUT2D eigenvalue weighted by molar-refractivity contribution is -0.121. The van der Waals surface area contributed by atoms with Gasteiger partial charge in [-0.3, -0.25) is 4.79 Å². The van der Waals surface area contributed by atoms with Crippen LogP contribution in [0.1, 0.15) is 56.2 Å². The topological polar surface area (TPSA) is 26.3 Å². The van der Waals surface area contributed by atoms with Crippen LogP contribution in [0.3, 0.4) is 0 Å². The Bertz CT molecular complexity index is 444. The van der Waals surface area contributed by atoms with Crippen LogP contribution in [0.15, 0.2) is 12.1 Å². The molecule has 0 saturated heterocycles. The van der Waals surface area contributed by atoms with Gasteiger partial charge in [-0.05, 0) is 29.0 Å². The van der Waals surface area contributed by atoms with Crippen LogP contribution >= 0.6 is 0 Å². The summed E-state index contributed by atoms with van der Waals surface area (Å²) < 4.78 is 5.51. The Balaban J connectivity index is 2.52. The van der Waals surface area contributed by atoms with E-state index in [9.17, 15) is 4.79 Å². The summed E-state index contributed by atoms with van der Waals surface area (Å²) in [4.78, 5) is 11.4. The van der Waals surface area contributed by atoms with Crippen molar-refractivity contribution in [2.24, 2.45) is 0 Å². The van der Waals surface area contributed by atoms with E-state index in [1.54, 1.807) is 0 Å². The largest absolute Gasteiger partial charge is 0.486 e. The number of benzene rings is 1. The molecule has 1 heterocycles. The Morgan fingerprint density at radius 3 is 2.24 bits per heavy atom. The molecule has 2 rings (SSSR count). The summed E-state index contributed by atoms with van der Waals surface area (Å²) in [6, 6.07) is 4.29. The number of ether oxygens (including phenoxy) is 1. The summed E-state index contributed by atoms with van der Waals surface area (Å²) in [7, 11) is 0. The van der Waals surface area contributed by atoms with Gasteiger partial charge in [-0.1, -0.05) is 33.8 Å². The molecule has 0 amide bonds. The Morgan fingerprint density at radius 2 is 1.65 bits per heavy atom. The first-order chi connectivity index (χ1) is 7.99. The molecule has 0 N–H and O–H groups in total.